The zero-order valence-corrected chi connectivity index (χ0v) is 11.3. The van der Waals surface area contributed by atoms with Crippen LogP contribution < -0.4 is 10.1 Å². The Bertz CT molecular complexity index is 468. The summed E-state index contributed by atoms with van der Waals surface area (Å²) in [7, 11) is 1.95. The van der Waals surface area contributed by atoms with Crippen molar-refractivity contribution in [2.75, 3.05) is 25.5 Å². The first kappa shape index (κ1) is 13.4. The number of carbonyl (C=O) groups is 1. The van der Waals surface area contributed by atoms with E-state index < -0.39 is 0 Å². The minimum Gasteiger partial charge on any atom is -0.494 e. The van der Waals surface area contributed by atoms with E-state index in [1.165, 1.54) is 0 Å². The monoisotopic (exact) mass is 261 g/mol. The lowest BCUT2D eigenvalue weighted by Crippen LogP contribution is -2.21. The van der Waals surface area contributed by atoms with Gasteiger partial charge in [-0.25, -0.2) is 4.79 Å². The van der Waals surface area contributed by atoms with Gasteiger partial charge in [0.1, 0.15) is 11.6 Å². The molecule has 0 spiro atoms. The van der Waals surface area contributed by atoms with Gasteiger partial charge in [-0.05, 0) is 37.6 Å². The van der Waals surface area contributed by atoms with Crippen LogP contribution in [0.15, 0.2) is 29.3 Å². The average Bonchev–Trinajstić information content (AvgIpc) is 2.78. The van der Waals surface area contributed by atoms with Crippen molar-refractivity contribution in [1.82, 2.24) is 4.90 Å². The molecule has 0 atom stereocenters. The van der Waals surface area contributed by atoms with Crippen molar-refractivity contribution in [3.63, 3.8) is 0 Å². The maximum atomic E-state index is 11.8. The number of nitrogens with one attached hydrogen (secondary N) is 1. The number of aliphatic imine (C=N–C) groups is 1. The number of rotatable bonds is 3. The highest BCUT2D eigenvalue weighted by Crippen LogP contribution is 2.16. The van der Waals surface area contributed by atoms with Gasteiger partial charge in [0.2, 0.25) is 0 Å². The maximum absolute atomic E-state index is 11.8. The normalized spacial score (nSPS) is 16.7. The number of benzene rings is 1. The summed E-state index contributed by atoms with van der Waals surface area (Å²) >= 11 is 0. The highest BCUT2D eigenvalue weighted by Gasteiger charge is 2.15. The second kappa shape index (κ2) is 6.22. The van der Waals surface area contributed by atoms with Gasteiger partial charge < -0.3 is 15.0 Å². The van der Waals surface area contributed by atoms with Crippen molar-refractivity contribution in [2.24, 2.45) is 4.99 Å². The van der Waals surface area contributed by atoms with E-state index in [1.54, 1.807) is 12.1 Å². The Morgan fingerprint density at radius 1 is 1.42 bits per heavy atom. The predicted octanol–water partition coefficient (Wildman–Crippen LogP) is 2.74. The van der Waals surface area contributed by atoms with Gasteiger partial charge in [-0.3, -0.25) is 0 Å². The molecule has 5 heteroatoms. The second-order valence-corrected chi connectivity index (χ2v) is 4.44. The van der Waals surface area contributed by atoms with E-state index in [0.29, 0.717) is 6.61 Å². The fraction of sp³-hybridized carbons (Fsp3) is 0.429. The average molecular weight is 261 g/mol. The summed E-state index contributed by atoms with van der Waals surface area (Å²) < 4.78 is 5.34. The fourth-order valence-corrected chi connectivity index (χ4v) is 2.01. The van der Waals surface area contributed by atoms with Crippen LogP contribution in [0.3, 0.4) is 0 Å². The van der Waals surface area contributed by atoms with Crippen LogP contribution in [0.1, 0.15) is 19.8 Å². The molecule has 2 rings (SSSR count). The molecule has 0 aromatic heterocycles. The summed E-state index contributed by atoms with van der Waals surface area (Å²) in [5.74, 6) is 1.64. The molecule has 2 amide bonds. The number of hydrogen-bond donors (Lipinski definition) is 1. The first-order valence-corrected chi connectivity index (χ1v) is 6.51. The molecular weight excluding hydrogens is 242 g/mol. The topological polar surface area (TPSA) is 53.9 Å². The number of amidine groups is 1. The Morgan fingerprint density at radius 2 is 2.16 bits per heavy atom. The molecule has 19 heavy (non-hydrogen) atoms. The SMILES string of the molecule is CCOc1ccc(NC(=O)/N=C2\CCCN2C)cc1. The molecule has 1 N–H and O–H groups in total. The van der Waals surface area contributed by atoms with Gasteiger partial charge in [-0.15, -0.1) is 0 Å². The van der Waals surface area contributed by atoms with Gasteiger partial charge in [0.25, 0.3) is 0 Å². The molecule has 1 aromatic carbocycles. The molecule has 1 aromatic rings. The van der Waals surface area contributed by atoms with E-state index in [0.717, 1.165) is 36.7 Å². The van der Waals surface area contributed by atoms with Crippen molar-refractivity contribution in [3.8, 4) is 5.75 Å². The quantitative estimate of drug-likeness (QED) is 0.910. The third kappa shape index (κ3) is 3.71. The highest BCUT2D eigenvalue weighted by molar-refractivity contribution is 6.00. The summed E-state index contributed by atoms with van der Waals surface area (Å²) in [6.07, 6.45) is 1.93. The van der Waals surface area contributed by atoms with Crippen molar-refractivity contribution in [1.29, 1.82) is 0 Å². The Balaban J connectivity index is 1.95. The Morgan fingerprint density at radius 3 is 2.74 bits per heavy atom. The van der Waals surface area contributed by atoms with Crippen LogP contribution in [0.4, 0.5) is 10.5 Å². The lowest BCUT2D eigenvalue weighted by molar-refractivity contribution is 0.259. The van der Waals surface area contributed by atoms with E-state index in [-0.39, 0.29) is 6.03 Å². The van der Waals surface area contributed by atoms with E-state index in [4.69, 9.17) is 4.74 Å². The first-order valence-electron chi connectivity index (χ1n) is 6.51. The number of likely N-dealkylation sites (tertiary alicyclic amines) is 1. The molecule has 1 aliphatic heterocycles. The largest absolute Gasteiger partial charge is 0.494 e. The zero-order valence-electron chi connectivity index (χ0n) is 11.3. The molecule has 0 aliphatic carbocycles. The molecular formula is C14H19N3O2. The van der Waals surface area contributed by atoms with Crippen LogP contribution in [0.2, 0.25) is 0 Å². The highest BCUT2D eigenvalue weighted by atomic mass is 16.5. The zero-order chi connectivity index (χ0) is 13.7. The van der Waals surface area contributed by atoms with E-state index >= 15 is 0 Å². The van der Waals surface area contributed by atoms with Gasteiger partial charge in [0.05, 0.1) is 6.61 Å². The van der Waals surface area contributed by atoms with Crippen LogP contribution in [-0.4, -0.2) is 37.0 Å². The predicted molar refractivity (Wildman–Crippen MR) is 75.9 cm³/mol. The Labute approximate surface area is 113 Å². The van der Waals surface area contributed by atoms with Gasteiger partial charge >= 0.3 is 6.03 Å². The van der Waals surface area contributed by atoms with Crippen molar-refractivity contribution in [2.45, 2.75) is 19.8 Å². The molecule has 0 unspecified atom stereocenters. The molecule has 5 nitrogen and oxygen atoms in total. The van der Waals surface area contributed by atoms with E-state index in [2.05, 4.69) is 10.3 Å². The van der Waals surface area contributed by atoms with Crippen molar-refractivity contribution < 1.29 is 9.53 Å². The first-order chi connectivity index (χ1) is 9.19. The molecule has 1 saturated heterocycles. The van der Waals surface area contributed by atoms with Crippen LogP contribution in [0.25, 0.3) is 0 Å². The lowest BCUT2D eigenvalue weighted by atomic mass is 10.3. The summed E-state index contributed by atoms with van der Waals surface area (Å²) in [5.41, 5.74) is 0.721. The third-order valence-corrected chi connectivity index (χ3v) is 2.98. The number of ether oxygens (including phenoxy) is 1. The fourth-order valence-electron chi connectivity index (χ4n) is 2.01. The smallest absolute Gasteiger partial charge is 0.347 e. The number of anilines is 1. The summed E-state index contributed by atoms with van der Waals surface area (Å²) in [6.45, 7) is 3.53. The van der Waals surface area contributed by atoms with Gasteiger partial charge in [-0.1, -0.05) is 0 Å². The molecule has 0 radical (unpaired) electrons. The Hall–Kier alpha value is -2.04. The second-order valence-electron chi connectivity index (χ2n) is 4.44. The van der Waals surface area contributed by atoms with Crippen LogP contribution in [0, 0.1) is 0 Å². The van der Waals surface area contributed by atoms with Gasteiger partial charge in [-0.2, -0.15) is 4.99 Å². The van der Waals surface area contributed by atoms with Crippen LogP contribution in [-0.2, 0) is 0 Å². The van der Waals surface area contributed by atoms with Crippen molar-refractivity contribution >= 4 is 17.6 Å². The number of nitrogens with zero attached hydrogens (tertiary/aromatic N) is 2. The minimum atomic E-state index is -0.326. The number of carbonyl (C=O) groups excluding carboxylic acids is 1. The lowest BCUT2D eigenvalue weighted by Gasteiger charge is -2.10. The van der Waals surface area contributed by atoms with Gasteiger partial charge in [0.15, 0.2) is 0 Å². The minimum absolute atomic E-state index is 0.326. The number of urea groups is 1. The molecule has 1 fully saturated rings. The standard InChI is InChI=1S/C14H19N3O2/c1-3-19-12-8-6-11(7-9-12)15-14(18)16-13-5-4-10-17(13)2/h6-9H,3-5,10H2,1-2H3,(H,15,18)/b16-13+. The summed E-state index contributed by atoms with van der Waals surface area (Å²) in [4.78, 5) is 17.9. The number of amides is 2. The molecule has 1 aliphatic rings. The maximum Gasteiger partial charge on any atom is 0.347 e. The van der Waals surface area contributed by atoms with Gasteiger partial charge in [0, 0.05) is 25.7 Å². The van der Waals surface area contributed by atoms with E-state index in [1.807, 2.05) is 31.0 Å². The Kier molecular flexibility index (Phi) is 4.39. The number of hydrogen-bond acceptors (Lipinski definition) is 2. The third-order valence-electron chi connectivity index (χ3n) is 2.98. The van der Waals surface area contributed by atoms with Crippen LogP contribution in [0.5, 0.6) is 5.75 Å². The summed E-state index contributed by atoms with van der Waals surface area (Å²) in [6, 6.07) is 6.94. The molecule has 0 saturated carbocycles. The molecule has 1 heterocycles. The van der Waals surface area contributed by atoms with E-state index in [9.17, 15) is 4.79 Å². The summed E-state index contributed by atoms with van der Waals surface area (Å²) in [5, 5.41) is 2.75. The molecule has 102 valence electrons. The molecule has 0 bridgehead atoms. The van der Waals surface area contributed by atoms with Crippen molar-refractivity contribution in [3.05, 3.63) is 24.3 Å². The van der Waals surface area contributed by atoms with Crippen LogP contribution >= 0.6 is 0 Å².